The van der Waals surface area contributed by atoms with Crippen LogP contribution in [0.3, 0.4) is 0 Å². The van der Waals surface area contributed by atoms with Crippen molar-refractivity contribution < 1.29 is 14.3 Å². The Kier molecular flexibility index (Phi) is 3.36. The highest BCUT2D eigenvalue weighted by atomic mass is 16.4. The first kappa shape index (κ1) is 13.2. The average molecular weight is 281 g/mol. The largest absolute Gasteiger partial charge is 0.475 e. The SMILES string of the molecule is CC(Nc1cccc2ccccc12)c1ccc(C(=O)O)o1. The number of benzene rings is 2. The molecule has 3 rings (SSSR count). The second-order valence-electron chi connectivity index (χ2n) is 4.90. The van der Waals surface area contributed by atoms with E-state index in [-0.39, 0.29) is 11.8 Å². The molecule has 1 aromatic heterocycles. The fourth-order valence-electron chi connectivity index (χ4n) is 2.36. The molecule has 0 aliphatic rings. The first-order chi connectivity index (χ1) is 10.1. The maximum atomic E-state index is 10.9. The van der Waals surface area contributed by atoms with E-state index in [1.165, 1.54) is 6.07 Å². The van der Waals surface area contributed by atoms with Crippen LogP contribution in [-0.2, 0) is 0 Å². The van der Waals surface area contributed by atoms with Crippen LogP contribution < -0.4 is 5.32 Å². The van der Waals surface area contributed by atoms with E-state index < -0.39 is 5.97 Å². The number of carboxylic acid groups (broad SMARTS) is 1. The molecular weight excluding hydrogens is 266 g/mol. The third-order valence-corrected chi connectivity index (χ3v) is 3.43. The van der Waals surface area contributed by atoms with E-state index in [4.69, 9.17) is 9.52 Å². The number of fused-ring (bicyclic) bond motifs is 1. The number of nitrogens with one attached hydrogen (secondary N) is 1. The molecule has 0 radical (unpaired) electrons. The van der Waals surface area contributed by atoms with E-state index in [2.05, 4.69) is 23.5 Å². The molecule has 106 valence electrons. The molecule has 2 aromatic carbocycles. The molecule has 2 N–H and O–H groups in total. The molecule has 0 aliphatic carbocycles. The van der Waals surface area contributed by atoms with Gasteiger partial charge in [0.05, 0.1) is 6.04 Å². The van der Waals surface area contributed by atoms with Gasteiger partial charge >= 0.3 is 5.97 Å². The summed E-state index contributed by atoms with van der Waals surface area (Å²) < 4.78 is 5.33. The van der Waals surface area contributed by atoms with Crippen molar-refractivity contribution in [2.75, 3.05) is 5.32 Å². The summed E-state index contributed by atoms with van der Waals surface area (Å²) >= 11 is 0. The summed E-state index contributed by atoms with van der Waals surface area (Å²) in [4.78, 5) is 10.9. The lowest BCUT2D eigenvalue weighted by Crippen LogP contribution is -2.06. The summed E-state index contributed by atoms with van der Waals surface area (Å²) in [6.07, 6.45) is 0. The minimum Gasteiger partial charge on any atom is -0.475 e. The van der Waals surface area contributed by atoms with Gasteiger partial charge in [0.1, 0.15) is 5.76 Å². The average Bonchev–Trinajstić information content (AvgIpc) is 2.98. The Labute approximate surface area is 122 Å². The van der Waals surface area contributed by atoms with Crippen molar-refractivity contribution in [2.45, 2.75) is 13.0 Å². The lowest BCUT2D eigenvalue weighted by Gasteiger charge is -2.15. The normalized spacial score (nSPS) is 12.2. The maximum Gasteiger partial charge on any atom is 0.371 e. The van der Waals surface area contributed by atoms with Gasteiger partial charge in [0.15, 0.2) is 0 Å². The van der Waals surface area contributed by atoms with Crippen molar-refractivity contribution in [1.82, 2.24) is 0 Å². The molecule has 0 saturated carbocycles. The number of aromatic carboxylic acids is 1. The third-order valence-electron chi connectivity index (χ3n) is 3.43. The van der Waals surface area contributed by atoms with Crippen molar-refractivity contribution in [1.29, 1.82) is 0 Å². The van der Waals surface area contributed by atoms with Gasteiger partial charge in [-0.2, -0.15) is 0 Å². The molecule has 21 heavy (non-hydrogen) atoms. The van der Waals surface area contributed by atoms with Crippen molar-refractivity contribution in [2.24, 2.45) is 0 Å². The van der Waals surface area contributed by atoms with Gasteiger partial charge in [0.2, 0.25) is 5.76 Å². The molecule has 1 unspecified atom stereocenters. The zero-order valence-electron chi connectivity index (χ0n) is 11.5. The summed E-state index contributed by atoms with van der Waals surface area (Å²) in [5.41, 5.74) is 0.994. The number of rotatable bonds is 4. The predicted octanol–water partition coefficient (Wildman–Crippen LogP) is 4.30. The summed E-state index contributed by atoms with van der Waals surface area (Å²) in [6.45, 7) is 1.94. The van der Waals surface area contributed by atoms with Gasteiger partial charge in [-0.05, 0) is 30.5 Å². The smallest absolute Gasteiger partial charge is 0.371 e. The molecule has 3 aromatic rings. The molecular formula is C17H15NO3. The lowest BCUT2D eigenvalue weighted by atomic mass is 10.1. The third kappa shape index (κ3) is 2.60. The topological polar surface area (TPSA) is 62.5 Å². The molecule has 4 nitrogen and oxygen atoms in total. The second kappa shape index (κ2) is 5.32. The standard InChI is InChI=1S/C17H15NO3/c1-11(15-9-10-16(21-15)17(19)20)18-14-8-4-6-12-5-2-3-7-13(12)14/h2-11,18H,1H3,(H,19,20). The Morgan fingerprint density at radius 1 is 1.10 bits per heavy atom. The summed E-state index contributed by atoms with van der Waals surface area (Å²) in [7, 11) is 0. The first-order valence-electron chi connectivity index (χ1n) is 6.72. The Hall–Kier alpha value is -2.75. The number of hydrogen-bond acceptors (Lipinski definition) is 3. The van der Waals surface area contributed by atoms with E-state index >= 15 is 0 Å². The predicted molar refractivity (Wildman–Crippen MR) is 81.7 cm³/mol. The van der Waals surface area contributed by atoms with Gasteiger partial charge in [-0.1, -0.05) is 36.4 Å². The highest BCUT2D eigenvalue weighted by molar-refractivity contribution is 5.93. The molecule has 0 bridgehead atoms. The summed E-state index contributed by atoms with van der Waals surface area (Å²) in [5.74, 6) is -0.504. The molecule has 4 heteroatoms. The van der Waals surface area contributed by atoms with Crippen LogP contribution in [0.25, 0.3) is 10.8 Å². The van der Waals surface area contributed by atoms with Gasteiger partial charge < -0.3 is 14.8 Å². The Bertz CT molecular complexity index is 786. The van der Waals surface area contributed by atoms with Gasteiger partial charge in [-0.25, -0.2) is 4.79 Å². The van der Waals surface area contributed by atoms with Crippen LogP contribution in [0, 0.1) is 0 Å². The summed E-state index contributed by atoms with van der Waals surface area (Å²) in [5, 5.41) is 14.5. The van der Waals surface area contributed by atoms with Crippen LogP contribution >= 0.6 is 0 Å². The molecule has 0 aliphatic heterocycles. The molecule has 0 amide bonds. The van der Waals surface area contributed by atoms with E-state index in [0.29, 0.717) is 5.76 Å². The molecule has 1 atom stereocenters. The highest BCUT2D eigenvalue weighted by Gasteiger charge is 2.14. The quantitative estimate of drug-likeness (QED) is 0.748. The van der Waals surface area contributed by atoms with E-state index in [0.717, 1.165) is 16.5 Å². The molecule has 1 heterocycles. The Morgan fingerprint density at radius 3 is 2.62 bits per heavy atom. The van der Waals surface area contributed by atoms with Crippen LogP contribution in [0.4, 0.5) is 5.69 Å². The van der Waals surface area contributed by atoms with E-state index in [1.54, 1.807) is 6.07 Å². The van der Waals surface area contributed by atoms with Crippen LogP contribution in [0.2, 0.25) is 0 Å². The minimum absolute atomic E-state index is 0.0448. The van der Waals surface area contributed by atoms with Crippen LogP contribution in [0.15, 0.2) is 59.0 Å². The van der Waals surface area contributed by atoms with Gasteiger partial charge in [0, 0.05) is 11.1 Å². The van der Waals surface area contributed by atoms with Gasteiger partial charge in [-0.3, -0.25) is 0 Å². The monoisotopic (exact) mass is 281 g/mol. The van der Waals surface area contributed by atoms with Crippen molar-refractivity contribution in [3.05, 3.63) is 66.1 Å². The van der Waals surface area contributed by atoms with Crippen molar-refractivity contribution in [3.8, 4) is 0 Å². The number of furan rings is 1. The van der Waals surface area contributed by atoms with Crippen molar-refractivity contribution >= 4 is 22.4 Å². The number of hydrogen-bond donors (Lipinski definition) is 2. The van der Waals surface area contributed by atoms with Gasteiger partial charge in [0.25, 0.3) is 0 Å². The lowest BCUT2D eigenvalue weighted by molar-refractivity contribution is 0.0660. The fourth-order valence-corrected chi connectivity index (χ4v) is 2.36. The van der Waals surface area contributed by atoms with E-state index in [1.807, 2.05) is 31.2 Å². The van der Waals surface area contributed by atoms with Crippen LogP contribution in [0.1, 0.15) is 29.3 Å². The zero-order chi connectivity index (χ0) is 14.8. The first-order valence-corrected chi connectivity index (χ1v) is 6.72. The molecule has 0 fully saturated rings. The fraction of sp³-hybridized carbons (Fsp3) is 0.118. The van der Waals surface area contributed by atoms with Crippen LogP contribution in [-0.4, -0.2) is 11.1 Å². The molecule has 0 spiro atoms. The van der Waals surface area contributed by atoms with Crippen molar-refractivity contribution in [3.63, 3.8) is 0 Å². The zero-order valence-corrected chi connectivity index (χ0v) is 11.5. The summed E-state index contributed by atoms with van der Waals surface area (Å²) in [6, 6.07) is 17.2. The van der Waals surface area contributed by atoms with Crippen LogP contribution in [0.5, 0.6) is 0 Å². The second-order valence-corrected chi connectivity index (χ2v) is 4.90. The minimum atomic E-state index is -1.06. The highest BCUT2D eigenvalue weighted by Crippen LogP contribution is 2.27. The number of anilines is 1. The van der Waals surface area contributed by atoms with Gasteiger partial charge in [-0.15, -0.1) is 0 Å². The Morgan fingerprint density at radius 2 is 1.86 bits per heavy atom. The number of carboxylic acids is 1. The Balaban J connectivity index is 1.89. The van der Waals surface area contributed by atoms with E-state index in [9.17, 15) is 4.79 Å². The molecule has 0 saturated heterocycles. The maximum absolute atomic E-state index is 10.9. The number of carbonyl (C=O) groups is 1.